The Labute approximate surface area is 68.3 Å². The van der Waals surface area contributed by atoms with Crippen LogP contribution in [0.3, 0.4) is 0 Å². The minimum Gasteiger partial charge on any atom is -0.352 e. The van der Waals surface area contributed by atoms with E-state index in [9.17, 15) is 4.79 Å². The quantitative estimate of drug-likeness (QED) is 0.639. The van der Waals surface area contributed by atoms with Crippen LogP contribution in [0.15, 0.2) is 0 Å². The van der Waals surface area contributed by atoms with E-state index in [1.165, 1.54) is 0 Å². The number of carbonyl (C=O) groups is 1. The van der Waals surface area contributed by atoms with Crippen molar-refractivity contribution < 1.29 is 4.79 Å². The molecule has 0 aliphatic heterocycles. The molecular formula is C8H18N2O. The summed E-state index contributed by atoms with van der Waals surface area (Å²) in [4.78, 5) is 10.4. The number of hydrogen-bond donors (Lipinski definition) is 2. The van der Waals surface area contributed by atoms with Crippen molar-refractivity contribution in [3.05, 3.63) is 0 Å². The number of nitrogens with one attached hydrogen (secondary N) is 1. The van der Waals surface area contributed by atoms with Crippen LogP contribution in [0.2, 0.25) is 0 Å². The Morgan fingerprint density at radius 1 is 1.55 bits per heavy atom. The van der Waals surface area contributed by atoms with E-state index in [-0.39, 0.29) is 5.41 Å². The van der Waals surface area contributed by atoms with Crippen molar-refractivity contribution >= 4 is 6.03 Å². The van der Waals surface area contributed by atoms with Gasteiger partial charge in [0, 0.05) is 6.54 Å². The smallest absolute Gasteiger partial charge is 0.312 e. The first-order valence-corrected chi connectivity index (χ1v) is 4.01. The first-order chi connectivity index (χ1) is 4.98. The number of rotatable bonds is 4. The predicted molar refractivity (Wildman–Crippen MR) is 46.3 cm³/mol. The van der Waals surface area contributed by atoms with Gasteiger partial charge in [-0.25, -0.2) is 4.79 Å². The third-order valence-corrected chi connectivity index (χ3v) is 1.67. The van der Waals surface area contributed by atoms with Gasteiger partial charge >= 0.3 is 6.03 Å². The summed E-state index contributed by atoms with van der Waals surface area (Å²) in [5.41, 5.74) is 5.12. The first-order valence-electron chi connectivity index (χ1n) is 4.01. The molecule has 11 heavy (non-hydrogen) atoms. The lowest BCUT2D eigenvalue weighted by Gasteiger charge is -2.23. The van der Waals surface area contributed by atoms with Gasteiger partial charge < -0.3 is 11.1 Å². The Morgan fingerprint density at radius 2 is 2.09 bits per heavy atom. The number of amides is 2. The molecule has 0 radical (unpaired) electrons. The van der Waals surface area contributed by atoms with Crippen molar-refractivity contribution in [1.29, 1.82) is 0 Å². The normalized spacial score (nSPS) is 11.2. The van der Waals surface area contributed by atoms with Gasteiger partial charge in [-0.1, -0.05) is 27.2 Å². The number of primary amides is 1. The van der Waals surface area contributed by atoms with Gasteiger partial charge in [0.05, 0.1) is 0 Å². The van der Waals surface area contributed by atoms with Crippen molar-refractivity contribution in [3.8, 4) is 0 Å². The summed E-state index contributed by atoms with van der Waals surface area (Å²) in [6, 6.07) is -0.436. The van der Waals surface area contributed by atoms with E-state index >= 15 is 0 Å². The lowest BCUT2D eigenvalue weighted by atomic mass is 9.88. The molecule has 0 spiro atoms. The first kappa shape index (κ1) is 10.3. The zero-order valence-corrected chi connectivity index (χ0v) is 7.61. The maximum absolute atomic E-state index is 10.4. The highest BCUT2D eigenvalue weighted by Gasteiger charge is 2.16. The van der Waals surface area contributed by atoms with E-state index in [4.69, 9.17) is 5.73 Å². The molecule has 0 aliphatic rings. The van der Waals surface area contributed by atoms with Gasteiger partial charge in [-0.05, 0) is 11.8 Å². The molecule has 0 fully saturated rings. The summed E-state index contributed by atoms with van der Waals surface area (Å²) in [6.07, 6.45) is 2.24. The van der Waals surface area contributed by atoms with Crippen LogP contribution in [0.1, 0.15) is 33.6 Å². The van der Waals surface area contributed by atoms with E-state index in [1.807, 2.05) is 0 Å². The Hall–Kier alpha value is -0.730. The Morgan fingerprint density at radius 3 is 2.45 bits per heavy atom. The van der Waals surface area contributed by atoms with Crippen molar-refractivity contribution in [3.63, 3.8) is 0 Å². The number of urea groups is 1. The summed E-state index contributed by atoms with van der Waals surface area (Å²) in [5.74, 6) is 0. The van der Waals surface area contributed by atoms with Gasteiger partial charge in [-0.3, -0.25) is 0 Å². The molecule has 0 aromatic rings. The van der Waals surface area contributed by atoms with Crippen molar-refractivity contribution in [2.75, 3.05) is 6.54 Å². The molecule has 0 heterocycles. The van der Waals surface area contributed by atoms with Crippen LogP contribution in [0, 0.1) is 5.41 Å². The number of carbonyl (C=O) groups excluding carboxylic acids is 1. The number of nitrogens with two attached hydrogens (primary N) is 1. The molecule has 3 heteroatoms. The zero-order chi connectivity index (χ0) is 8.91. The van der Waals surface area contributed by atoms with Crippen LogP contribution in [0.4, 0.5) is 4.79 Å². The molecule has 0 saturated heterocycles. The summed E-state index contributed by atoms with van der Waals surface area (Å²) < 4.78 is 0. The molecule has 0 aromatic heterocycles. The van der Waals surface area contributed by atoms with E-state index in [1.54, 1.807) is 0 Å². The fourth-order valence-corrected chi connectivity index (χ4v) is 1.09. The van der Waals surface area contributed by atoms with Crippen LogP contribution in [0.5, 0.6) is 0 Å². The summed E-state index contributed by atoms with van der Waals surface area (Å²) in [6.45, 7) is 7.03. The van der Waals surface area contributed by atoms with Gasteiger partial charge in [0.15, 0.2) is 0 Å². The molecule has 0 bridgehead atoms. The summed E-state index contributed by atoms with van der Waals surface area (Å²) >= 11 is 0. The highest BCUT2D eigenvalue weighted by molar-refractivity contribution is 5.71. The lowest BCUT2D eigenvalue weighted by Crippen LogP contribution is -2.37. The molecule has 66 valence electrons. The van der Waals surface area contributed by atoms with Gasteiger partial charge in [-0.15, -0.1) is 0 Å². The molecule has 0 saturated carbocycles. The van der Waals surface area contributed by atoms with Crippen LogP contribution in [-0.4, -0.2) is 12.6 Å². The largest absolute Gasteiger partial charge is 0.352 e. The highest BCUT2D eigenvalue weighted by atomic mass is 16.2. The standard InChI is InChI=1S/C8H18N2O/c1-4-5-8(2,3)6-10-7(9)11/h4-6H2,1-3H3,(H3,9,10,11). The lowest BCUT2D eigenvalue weighted by molar-refractivity contribution is 0.239. The SMILES string of the molecule is CCCC(C)(C)CNC(N)=O. The Kier molecular flexibility index (Phi) is 3.93. The Balaban J connectivity index is 3.63. The summed E-state index contributed by atoms with van der Waals surface area (Å²) in [7, 11) is 0. The maximum Gasteiger partial charge on any atom is 0.312 e. The topological polar surface area (TPSA) is 55.1 Å². The molecular weight excluding hydrogens is 140 g/mol. The monoisotopic (exact) mass is 158 g/mol. The maximum atomic E-state index is 10.4. The van der Waals surface area contributed by atoms with Crippen molar-refractivity contribution in [2.45, 2.75) is 33.6 Å². The second kappa shape index (κ2) is 4.21. The predicted octanol–water partition coefficient (Wildman–Crippen LogP) is 1.48. The van der Waals surface area contributed by atoms with Gasteiger partial charge in [0.2, 0.25) is 0 Å². The molecule has 2 amide bonds. The second-order valence-electron chi connectivity index (χ2n) is 3.63. The number of hydrogen-bond acceptors (Lipinski definition) is 1. The van der Waals surface area contributed by atoms with Crippen LogP contribution >= 0.6 is 0 Å². The molecule has 0 aromatic carbocycles. The van der Waals surface area contributed by atoms with E-state index in [0.717, 1.165) is 12.8 Å². The molecule has 0 atom stereocenters. The average Bonchev–Trinajstić information content (AvgIpc) is 1.84. The summed E-state index contributed by atoms with van der Waals surface area (Å²) in [5, 5.41) is 2.61. The van der Waals surface area contributed by atoms with E-state index < -0.39 is 6.03 Å². The minimum absolute atomic E-state index is 0.170. The van der Waals surface area contributed by atoms with E-state index in [2.05, 4.69) is 26.1 Å². The molecule has 3 N–H and O–H groups in total. The molecule has 0 unspecified atom stereocenters. The highest BCUT2D eigenvalue weighted by Crippen LogP contribution is 2.20. The van der Waals surface area contributed by atoms with Gasteiger partial charge in [0.1, 0.15) is 0 Å². The van der Waals surface area contributed by atoms with Gasteiger partial charge in [-0.2, -0.15) is 0 Å². The minimum atomic E-state index is -0.436. The zero-order valence-electron chi connectivity index (χ0n) is 7.61. The van der Waals surface area contributed by atoms with Crippen molar-refractivity contribution in [2.24, 2.45) is 11.1 Å². The molecule has 3 nitrogen and oxygen atoms in total. The third-order valence-electron chi connectivity index (χ3n) is 1.67. The second-order valence-corrected chi connectivity index (χ2v) is 3.63. The van der Waals surface area contributed by atoms with Crippen LogP contribution in [0.25, 0.3) is 0 Å². The molecule has 0 aliphatic carbocycles. The Bertz CT molecular complexity index is 132. The fourth-order valence-electron chi connectivity index (χ4n) is 1.09. The molecule has 0 rings (SSSR count). The van der Waals surface area contributed by atoms with Crippen LogP contribution < -0.4 is 11.1 Å². The van der Waals surface area contributed by atoms with E-state index in [0.29, 0.717) is 6.54 Å². The van der Waals surface area contributed by atoms with Crippen LogP contribution in [-0.2, 0) is 0 Å². The van der Waals surface area contributed by atoms with Gasteiger partial charge in [0.25, 0.3) is 0 Å². The average molecular weight is 158 g/mol. The van der Waals surface area contributed by atoms with Crippen molar-refractivity contribution in [1.82, 2.24) is 5.32 Å². The fraction of sp³-hybridized carbons (Fsp3) is 0.875. The third kappa shape index (κ3) is 5.70.